The first kappa shape index (κ1) is 16.1. The lowest BCUT2D eigenvalue weighted by Crippen LogP contribution is -2.12. The molecule has 3 rings (SSSR count). The quantitative estimate of drug-likeness (QED) is 0.684. The maximum Gasteiger partial charge on any atom is 0.387 e. The summed E-state index contributed by atoms with van der Waals surface area (Å²) in [5.41, 5.74) is 1.98. The second kappa shape index (κ2) is 7.23. The van der Waals surface area contributed by atoms with Crippen molar-refractivity contribution in [3.8, 4) is 16.2 Å². The summed E-state index contributed by atoms with van der Waals surface area (Å²) < 4.78 is 28.6. The first-order valence-electron chi connectivity index (χ1n) is 7.12. The summed E-state index contributed by atoms with van der Waals surface area (Å²) in [6, 6.07) is 17.0. The minimum absolute atomic E-state index is 0.0144. The second-order valence-corrected chi connectivity index (χ2v) is 5.83. The van der Waals surface area contributed by atoms with E-state index in [-0.39, 0.29) is 11.7 Å². The number of amides is 1. The van der Waals surface area contributed by atoms with E-state index in [1.165, 1.54) is 24.3 Å². The van der Waals surface area contributed by atoms with E-state index < -0.39 is 6.61 Å². The van der Waals surface area contributed by atoms with Crippen LogP contribution in [0.5, 0.6) is 5.75 Å². The number of para-hydroxylation sites is 1. The van der Waals surface area contributed by atoms with Crippen molar-refractivity contribution in [2.45, 2.75) is 6.61 Å². The number of halogens is 2. The molecule has 1 amide bonds. The minimum atomic E-state index is -2.89. The lowest BCUT2D eigenvalue weighted by Gasteiger charge is -2.10. The standard InChI is InChI=1S/C18H13F2NO2S/c19-18(20)23-13-9-7-12(8-10-13)17(22)21-15-5-2-1-4-14(15)16-6-3-11-24-16/h1-11,18H,(H,21,22). The summed E-state index contributed by atoms with van der Waals surface area (Å²) in [5.74, 6) is -0.303. The maximum absolute atomic E-state index is 12.4. The van der Waals surface area contributed by atoms with E-state index in [0.29, 0.717) is 11.3 Å². The van der Waals surface area contributed by atoms with Crippen LogP contribution in [0.25, 0.3) is 10.4 Å². The molecule has 0 saturated heterocycles. The molecule has 2 aromatic carbocycles. The number of rotatable bonds is 5. The second-order valence-electron chi connectivity index (χ2n) is 4.88. The lowest BCUT2D eigenvalue weighted by atomic mass is 10.1. The van der Waals surface area contributed by atoms with Gasteiger partial charge in [0, 0.05) is 21.7 Å². The molecule has 0 saturated carbocycles. The van der Waals surface area contributed by atoms with Crippen LogP contribution in [0.15, 0.2) is 66.0 Å². The van der Waals surface area contributed by atoms with Crippen molar-refractivity contribution in [3.63, 3.8) is 0 Å². The monoisotopic (exact) mass is 345 g/mol. The first-order valence-corrected chi connectivity index (χ1v) is 8.00. The molecule has 3 aromatic rings. The Labute approximate surface area is 141 Å². The van der Waals surface area contributed by atoms with E-state index in [1.807, 2.05) is 41.8 Å². The predicted molar refractivity (Wildman–Crippen MR) is 90.8 cm³/mol. The van der Waals surface area contributed by atoms with Gasteiger partial charge in [-0.05, 0) is 41.8 Å². The molecule has 0 spiro atoms. The number of carbonyl (C=O) groups excluding carboxylic acids is 1. The van der Waals surface area contributed by atoms with Crippen LogP contribution in [0.2, 0.25) is 0 Å². The van der Waals surface area contributed by atoms with Gasteiger partial charge in [0.15, 0.2) is 0 Å². The van der Waals surface area contributed by atoms with Crippen LogP contribution < -0.4 is 10.1 Å². The van der Waals surface area contributed by atoms with Gasteiger partial charge in [0.1, 0.15) is 5.75 Å². The van der Waals surface area contributed by atoms with Gasteiger partial charge in [-0.2, -0.15) is 8.78 Å². The van der Waals surface area contributed by atoms with Gasteiger partial charge in [-0.25, -0.2) is 0 Å². The molecular weight excluding hydrogens is 332 g/mol. The maximum atomic E-state index is 12.4. The number of nitrogens with one attached hydrogen (secondary N) is 1. The van der Waals surface area contributed by atoms with Gasteiger partial charge in [-0.3, -0.25) is 4.79 Å². The van der Waals surface area contributed by atoms with Crippen molar-refractivity contribution < 1.29 is 18.3 Å². The highest BCUT2D eigenvalue weighted by Gasteiger charge is 2.11. The largest absolute Gasteiger partial charge is 0.435 e. The molecule has 0 fully saturated rings. The lowest BCUT2D eigenvalue weighted by molar-refractivity contribution is -0.0498. The number of benzene rings is 2. The molecular formula is C18H13F2NO2S. The number of ether oxygens (including phenoxy) is 1. The Morgan fingerprint density at radius 2 is 1.75 bits per heavy atom. The Hall–Kier alpha value is -2.73. The van der Waals surface area contributed by atoms with Gasteiger partial charge in [-0.15, -0.1) is 11.3 Å². The fourth-order valence-electron chi connectivity index (χ4n) is 2.22. The fraction of sp³-hybridized carbons (Fsp3) is 0.0556. The van der Waals surface area contributed by atoms with Gasteiger partial charge >= 0.3 is 6.61 Å². The average Bonchev–Trinajstić information content (AvgIpc) is 3.10. The van der Waals surface area contributed by atoms with Crippen LogP contribution in [0.3, 0.4) is 0 Å². The zero-order valence-corrected chi connectivity index (χ0v) is 13.2. The van der Waals surface area contributed by atoms with E-state index in [4.69, 9.17) is 0 Å². The van der Waals surface area contributed by atoms with Crippen LogP contribution >= 0.6 is 11.3 Å². The summed E-state index contributed by atoms with van der Waals surface area (Å²) in [5, 5.41) is 4.82. The Bertz CT molecular complexity index is 817. The van der Waals surface area contributed by atoms with Gasteiger partial charge in [0.2, 0.25) is 0 Å². The third-order valence-electron chi connectivity index (χ3n) is 3.30. The Kier molecular flexibility index (Phi) is 4.86. The number of hydrogen-bond donors (Lipinski definition) is 1. The summed E-state index contributed by atoms with van der Waals surface area (Å²) in [6.07, 6.45) is 0. The van der Waals surface area contributed by atoms with Crippen molar-refractivity contribution in [2.24, 2.45) is 0 Å². The summed E-state index contributed by atoms with van der Waals surface area (Å²) in [4.78, 5) is 13.4. The highest BCUT2D eigenvalue weighted by atomic mass is 32.1. The Morgan fingerprint density at radius 1 is 1.00 bits per heavy atom. The van der Waals surface area contributed by atoms with E-state index in [9.17, 15) is 13.6 Å². The topological polar surface area (TPSA) is 38.3 Å². The fourth-order valence-corrected chi connectivity index (χ4v) is 2.99. The normalized spacial score (nSPS) is 10.6. The van der Waals surface area contributed by atoms with E-state index >= 15 is 0 Å². The van der Waals surface area contributed by atoms with Crippen LogP contribution in [0.1, 0.15) is 10.4 Å². The number of carbonyl (C=O) groups is 1. The van der Waals surface area contributed by atoms with Crippen LogP contribution in [-0.2, 0) is 0 Å². The zero-order valence-electron chi connectivity index (χ0n) is 12.4. The summed E-state index contributed by atoms with van der Waals surface area (Å²) >= 11 is 1.58. The first-order chi connectivity index (χ1) is 11.6. The molecule has 1 aromatic heterocycles. The molecule has 0 aliphatic carbocycles. The van der Waals surface area contributed by atoms with E-state index in [2.05, 4.69) is 10.1 Å². The molecule has 1 heterocycles. The van der Waals surface area contributed by atoms with Crippen molar-refractivity contribution >= 4 is 22.9 Å². The zero-order chi connectivity index (χ0) is 16.9. The van der Waals surface area contributed by atoms with E-state index in [1.54, 1.807) is 11.3 Å². The molecule has 0 radical (unpaired) electrons. The van der Waals surface area contributed by atoms with E-state index in [0.717, 1.165) is 10.4 Å². The Balaban J connectivity index is 1.78. The smallest absolute Gasteiger partial charge is 0.387 e. The van der Waals surface area contributed by atoms with Crippen LogP contribution in [0, 0.1) is 0 Å². The number of hydrogen-bond acceptors (Lipinski definition) is 3. The Morgan fingerprint density at radius 3 is 2.42 bits per heavy atom. The number of anilines is 1. The predicted octanol–water partition coefficient (Wildman–Crippen LogP) is 5.27. The highest BCUT2D eigenvalue weighted by molar-refractivity contribution is 7.13. The van der Waals surface area contributed by atoms with Crippen molar-refractivity contribution in [3.05, 3.63) is 71.6 Å². The van der Waals surface area contributed by atoms with Gasteiger partial charge in [0.25, 0.3) is 5.91 Å². The van der Waals surface area contributed by atoms with Gasteiger partial charge in [-0.1, -0.05) is 24.3 Å². The van der Waals surface area contributed by atoms with Crippen LogP contribution in [0.4, 0.5) is 14.5 Å². The van der Waals surface area contributed by atoms with Crippen LogP contribution in [-0.4, -0.2) is 12.5 Å². The molecule has 6 heteroatoms. The summed E-state index contributed by atoms with van der Waals surface area (Å²) in [6.45, 7) is -2.89. The summed E-state index contributed by atoms with van der Waals surface area (Å²) in [7, 11) is 0. The molecule has 3 nitrogen and oxygen atoms in total. The molecule has 0 aliphatic rings. The molecule has 1 N–H and O–H groups in total. The van der Waals surface area contributed by atoms with Gasteiger partial charge in [0.05, 0.1) is 0 Å². The third-order valence-corrected chi connectivity index (χ3v) is 4.21. The number of thiophene rings is 1. The molecule has 0 bridgehead atoms. The third kappa shape index (κ3) is 3.78. The van der Waals surface area contributed by atoms with Crippen molar-refractivity contribution in [1.82, 2.24) is 0 Å². The number of alkyl halides is 2. The molecule has 0 unspecified atom stereocenters. The molecule has 122 valence electrons. The van der Waals surface area contributed by atoms with Gasteiger partial charge < -0.3 is 10.1 Å². The SMILES string of the molecule is O=C(Nc1ccccc1-c1cccs1)c1ccc(OC(F)F)cc1. The molecule has 0 aliphatic heterocycles. The van der Waals surface area contributed by atoms with Crippen molar-refractivity contribution in [1.29, 1.82) is 0 Å². The molecule has 24 heavy (non-hydrogen) atoms. The minimum Gasteiger partial charge on any atom is -0.435 e. The highest BCUT2D eigenvalue weighted by Crippen LogP contribution is 2.31. The van der Waals surface area contributed by atoms with Crippen molar-refractivity contribution in [2.75, 3.05) is 5.32 Å². The molecule has 0 atom stereocenters. The average molecular weight is 345 g/mol.